The van der Waals surface area contributed by atoms with Gasteiger partial charge in [-0.2, -0.15) is 0 Å². The zero-order valence-electron chi connectivity index (χ0n) is 16.6. The van der Waals surface area contributed by atoms with Crippen LogP contribution in [0.1, 0.15) is 51.6 Å². The zero-order valence-corrected chi connectivity index (χ0v) is 16.6. The van der Waals surface area contributed by atoms with E-state index in [9.17, 15) is 14.4 Å². The van der Waals surface area contributed by atoms with Crippen molar-refractivity contribution in [3.8, 4) is 0 Å². The van der Waals surface area contributed by atoms with Crippen molar-refractivity contribution >= 4 is 23.4 Å². The number of nitrogens with one attached hydrogen (secondary N) is 1. The first-order chi connectivity index (χ1) is 14.0. The monoisotopic (exact) mass is 391 g/mol. The van der Waals surface area contributed by atoms with Crippen LogP contribution in [0.15, 0.2) is 42.5 Å². The van der Waals surface area contributed by atoms with E-state index in [0.717, 1.165) is 49.2 Å². The second-order valence-electron chi connectivity index (χ2n) is 7.64. The van der Waals surface area contributed by atoms with Crippen molar-refractivity contribution in [2.24, 2.45) is 0 Å². The van der Waals surface area contributed by atoms with E-state index in [1.165, 1.54) is 0 Å². The number of nitrogens with zero attached hydrogens (tertiary/aromatic N) is 2. The van der Waals surface area contributed by atoms with Crippen LogP contribution in [0.2, 0.25) is 0 Å². The van der Waals surface area contributed by atoms with Gasteiger partial charge in [-0.15, -0.1) is 0 Å². The van der Waals surface area contributed by atoms with E-state index in [2.05, 4.69) is 5.32 Å². The van der Waals surface area contributed by atoms with Gasteiger partial charge in [-0.3, -0.25) is 14.4 Å². The Morgan fingerprint density at radius 3 is 2.31 bits per heavy atom. The molecule has 0 atom stereocenters. The van der Waals surface area contributed by atoms with Gasteiger partial charge < -0.3 is 15.1 Å². The molecule has 2 aromatic rings. The molecule has 0 aromatic heterocycles. The number of amides is 3. The fourth-order valence-corrected chi connectivity index (χ4v) is 4.02. The lowest BCUT2D eigenvalue weighted by Crippen LogP contribution is -2.27. The first-order valence-electron chi connectivity index (χ1n) is 10.1. The molecular weight excluding hydrogens is 366 g/mol. The van der Waals surface area contributed by atoms with Crippen molar-refractivity contribution < 1.29 is 14.4 Å². The number of fused-ring (bicyclic) bond motifs is 1. The summed E-state index contributed by atoms with van der Waals surface area (Å²) >= 11 is 0. The van der Waals surface area contributed by atoms with E-state index in [-0.39, 0.29) is 17.7 Å². The Balaban J connectivity index is 1.36. The Hall–Kier alpha value is -3.15. The number of carbonyl (C=O) groups excluding carboxylic acids is 3. The van der Waals surface area contributed by atoms with E-state index in [4.69, 9.17) is 0 Å². The summed E-state index contributed by atoms with van der Waals surface area (Å²) in [6, 6.07) is 12.9. The van der Waals surface area contributed by atoms with Gasteiger partial charge in [0.15, 0.2) is 0 Å². The van der Waals surface area contributed by atoms with Crippen molar-refractivity contribution in [3.05, 3.63) is 64.7 Å². The van der Waals surface area contributed by atoms with Crippen molar-refractivity contribution in [3.63, 3.8) is 0 Å². The Kier molecular flexibility index (Phi) is 5.34. The van der Waals surface area contributed by atoms with Crippen molar-refractivity contribution in [2.75, 3.05) is 24.5 Å². The summed E-state index contributed by atoms with van der Waals surface area (Å²) in [6.45, 7) is 4.29. The number of likely N-dealkylation sites (tertiary alicyclic amines) is 1. The van der Waals surface area contributed by atoms with Gasteiger partial charge in [0.2, 0.25) is 5.91 Å². The topological polar surface area (TPSA) is 69.7 Å². The number of benzene rings is 2. The standard InChI is InChI=1S/C23H25N3O3/c1-16(27)26-13-10-19-14-20(8-9-21(19)26)22(28)24-15-17-4-6-18(7-5-17)23(29)25-11-2-3-12-25/h4-9,14H,2-3,10-13,15H2,1H3,(H,24,28). The summed E-state index contributed by atoms with van der Waals surface area (Å²) in [5.41, 5.74) is 4.15. The maximum atomic E-state index is 12.5. The quantitative estimate of drug-likeness (QED) is 0.871. The molecule has 4 rings (SSSR count). The molecule has 29 heavy (non-hydrogen) atoms. The number of hydrogen-bond acceptors (Lipinski definition) is 3. The van der Waals surface area contributed by atoms with Gasteiger partial charge in [0.25, 0.3) is 11.8 Å². The van der Waals surface area contributed by atoms with E-state index >= 15 is 0 Å². The molecule has 0 saturated carbocycles. The van der Waals surface area contributed by atoms with Crippen LogP contribution in [0, 0.1) is 0 Å². The SMILES string of the molecule is CC(=O)N1CCc2cc(C(=O)NCc3ccc(C(=O)N4CCCC4)cc3)ccc21. The summed E-state index contributed by atoms with van der Waals surface area (Å²) in [6.07, 6.45) is 2.92. The molecule has 6 nitrogen and oxygen atoms in total. The fourth-order valence-electron chi connectivity index (χ4n) is 4.02. The molecule has 1 fully saturated rings. The third kappa shape index (κ3) is 4.01. The van der Waals surface area contributed by atoms with Gasteiger partial charge in [0, 0.05) is 49.9 Å². The van der Waals surface area contributed by atoms with Gasteiger partial charge in [0.05, 0.1) is 0 Å². The minimum absolute atomic E-state index is 0.0209. The van der Waals surface area contributed by atoms with Gasteiger partial charge >= 0.3 is 0 Å². The lowest BCUT2D eigenvalue weighted by atomic mass is 10.1. The molecule has 150 valence electrons. The second kappa shape index (κ2) is 8.07. The van der Waals surface area contributed by atoms with Crippen LogP contribution in [0.5, 0.6) is 0 Å². The highest BCUT2D eigenvalue weighted by Gasteiger charge is 2.23. The second-order valence-corrected chi connectivity index (χ2v) is 7.64. The summed E-state index contributed by atoms with van der Waals surface area (Å²) in [4.78, 5) is 40.2. The number of anilines is 1. The highest BCUT2D eigenvalue weighted by Crippen LogP contribution is 2.28. The van der Waals surface area contributed by atoms with Gasteiger partial charge in [-0.1, -0.05) is 12.1 Å². The van der Waals surface area contributed by atoms with E-state index in [1.807, 2.05) is 41.3 Å². The lowest BCUT2D eigenvalue weighted by molar-refractivity contribution is -0.116. The highest BCUT2D eigenvalue weighted by atomic mass is 16.2. The van der Waals surface area contributed by atoms with Crippen LogP contribution in [-0.2, 0) is 17.8 Å². The molecule has 1 saturated heterocycles. The summed E-state index contributed by atoms with van der Waals surface area (Å²) in [5, 5.41) is 2.93. The average Bonchev–Trinajstić information content (AvgIpc) is 3.41. The van der Waals surface area contributed by atoms with E-state index in [1.54, 1.807) is 17.9 Å². The third-order valence-electron chi connectivity index (χ3n) is 5.66. The number of hydrogen-bond donors (Lipinski definition) is 1. The zero-order chi connectivity index (χ0) is 20.4. The predicted octanol–water partition coefficient (Wildman–Crippen LogP) is 2.76. The van der Waals surface area contributed by atoms with Crippen molar-refractivity contribution in [1.29, 1.82) is 0 Å². The first kappa shape index (κ1) is 19.2. The van der Waals surface area contributed by atoms with Crippen LogP contribution in [0.4, 0.5) is 5.69 Å². The molecule has 1 N–H and O–H groups in total. The van der Waals surface area contributed by atoms with Crippen molar-refractivity contribution in [2.45, 2.75) is 32.7 Å². The minimum atomic E-state index is -0.147. The first-order valence-corrected chi connectivity index (χ1v) is 10.1. The molecule has 3 amide bonds. The molecule has 2 aliphatic rings. The largest absolute Gasteiger partial charge is 0.348 e. The normalized spacial score (nSPS) is 15.3. The molecule has 0 aliphatic carbocycles. The predicted molar refractivity (Wildman–Crippen MR) is 111 cm³/mol. The average molecular weight is 391 g/mol. The molecule has 0 spiro atoms. The van der Waals surface area contributed by atoms with Gasteiger partial charge in [0.1, 0.15) is 0 Å². The smallest absolute Gasteiger partial charge is 0.253 e. The summed E-state index contributed by atoms with van der Waals surface area (Å²) in [5.74, 6) is -0.0465. The maximum absolute atomic E-state index is 12.5. The number of rotatable bonds is 4. The third-order valence-corrected chi connectivity index (χ3v) is 5.66. The van der Waals surface area contributed by atoms with Crippen LogP contribution in [0.3, 0.4) is 0 Å². The number of carbonyl (C=O) groups is 3. The molecule has 0 bridgehead atoms. The summed E-state index contributed by atoms with van der Waals surface area (Å²) < 4.78 is 0. The van der Waals surface area contributed by atoms with E-state index < -0.39 is 0 Å². The maximum Gasteiger partial charge on any atom is 0.253 e. The molecular formula is C23H25N3O3. The molecule has 0 radical (unpaired) electrons. The van der Waals surface area contributed by atoms with Crippen LogP contribution in [0.25, 0.3) is 0 Å². The van der Waals surface area contributed by atoms with Crippen molar-refractivity contribution in [1.82, 2.24) is 10.2 Å². The summed E-state index contributed by atoms with van der Waals surface area (Å²) in [7, 11) is 0. The minimum Gasteiger partial charge on any atom is -0.348 e. The molecule has 2 heterocycles. The Morgan fingerprint density at radius 2 is 1.62 bits per heavy atom. The van der Waals surface area contributed by atoms with Crippen LogP contribution in [-0.4, -0.2) is 42.3 Å². The van der Waals surface area contributed by atoms with Gasteiger partial charge in [-0.05, 0) is 60.7 Å². The molecule has 2 aliphatic heterocycles. The molecule has 2 aromatic carbocycles. The van der Waals surface area contributed by atoms with Crippen LogP contribution < -0.4 is 10.2 Å². The molecule has 6 heteroatoms. The lowest BCUT2D eigenvalue weighted by Gasteiger charge is -2.15. The Bertz CT molecular complexity index is 946. The van der Waals surface area contributed by atoms with Crippen LogP contribution >= 0.6 is 0 Å². The molecule has 0 unspecified atom stereocenters. The van der Waals surface area contributed by atoms with E-state index in [0.29, 0.717) is 24.2 Å². The Morgan fingerprint density at radius 1 is 0.931 bits per heavy atom. The highest BCUT2D eigenvalue weighted by molar-refractivity contribution is 5.98. The van der Waals surface area contributed by atoms with Gasteiger partial charge in [-0.25, -0.2) is 0 Å². The fraction of sp³-hybridized carbons (Fsp3) is 0.348. The Labute approximate surface area is 170 Å².